The molecule has 0 aromatic heterocycles. The number of halogens is 3. The number of fused-ring (bicyclic) bond motifs is 1. The van der Waals surface area contributed by atoms with Gasteiger partial charge in [-0.05, 0) is 24.6 Å². The van der Waals surface area contributed by atoms with Gasteiger partial charge in [-0.1, -0.05) is 25.4 Å². The first-order valence-electron chi connectivity index (χ1n) is 5.27. The summed E-state index contributed by atoms with van der Waals surface area (Å²) in [5.41, 5.74) is 0.536. The molecule has 2 rings (SSSR count). The summed E-state index contributed by atoms with van der Waals surface area (Å²) < 4.78 is 26.5. The van der Waals surface area contributed by atoms with Crippen LogP contribution in [0.15, 0.2) is 18.2 Å². The van der Waals surface area contributed by atoms with E-state index in [1.165, 1.54) is 12.1 Å². The van der Waals surface area contributed by atoms with Crippen molar-refractivity contribution in [3.05, 3.63) is 40.4 Å². The van der Waals surface area contributed by atoms with E-state index in [9.17, 15) is 13.9 Å². The van der Waals surface area contributed by atoms with E-state index in [0.717, 1.165) is 0 Å². The molecule has 0 radical (unpaired) electrons. The van der Waals surface area contributed by atoms with Gasteiger partial charge in [0.15, 0.2) is 0 Å². The van der Waals surface area contributed by atoms with Crippen molar-refractivity contribution >= 4 is 22.4 Å². The molecular weight excluding hydrogens is 246 g/mol. The summed E-state index contributed by atoms with van der Waals surface area (Å²) in [6.45, 7) is 5.63. The van der Waals surface area contributed by atoms with Crippen LogP contribution in [0.25, 0.3) is 10.8 Å². The molecule has 0 fully saturated rings. The average molecular weight is 259 g/mol. The molecule has 2 aromatic rings. The molecule has 17 heavy (non-hydrogen) atoms. The Labute approximate surface area is 104 Å². The summed E-state index contributed by atoms with van der Waals surface area (Å²) in [6, 6.07) is 3.35. The Bertz CT molecular complexity index is 553. The topological polar surface area (TPSA) is 20.2 Å². The second kappa shape index (κ2) is 5.32. The molecular formula is C13H13ClF2O. The van der Waals surface area contributed by atoms with Crippen LogP contribution in [0, 0.1) is 18.6 Å². The van der Waals surface area contributed by atoms with Crippen LogP contribution in [0.5, 0.6) is 5.75 Å². The lowest BCUT2D eigenvalue weighted by Gasteiger charge is -2.07. The highest BCUT2D eigenvalue weighted by atomic mass is 35.5. The van der Waals surface area contributed by atoms with Crippen LogP contribution in [0.3, 0.4) is 0 Å². The first-order valence-corrected chi connectivity index (χ1v) is 5.65. The van der Waals surface area contributed by atoms with Crippen molar-refractivity contribution in [1.82, 2.24) is 0 Å². The van der Waals surface area contributed by atoms with Gasteiger partial charge in [-0.2, -0.15) is 0 Å². The molecule has 0 saturated carbocycles. The molecule has 0 heterocycles. The minimum Gasteiger partial charge on any atom is -0.508 e. The SMILES string of the molecule is CC.Cc1cc(O)cc2c(F)cc(F)c(Cl)c12. The van der Waals surface area contributed by atoms with E-state index in [0.29, 0.717) is 17.0 Å². The van der Waals surface area contributed by atoms with Crippen LogP contribution in [-0.4, -0.2) is 5.11 Å². The number of aryl methyl sites for hydroxylation is 1. The maximum atomic E-state index is 13.4. The molecule has 0 atom stereocenters. The molecule has 0 unspecified atom stereocenters. The summed E-state index contributed by atoms with van der Waals surface area (Å²) in [4.78, 5) is 0. The molecule has 0 saturated heterocycles. The Hall–Kier alpha value is -1.35. The normalized spacial score (nSPS) is 10.0. The van der Waals surface area contributed by atoms with Crippen molar-refractivity contribution in [3.63, 3.8) is 0 Å². The number of rotatable bonds is 0. The molecule has 0 aliphatic heterocycles. The highest BCUT2D eigenvalue weighted by Gasteiger charge is 2.13. The second-order valence-corrected chi connectivity index (χ2v) is 3.72. The van der Waals surface area contributed by atoms with Crippen LogP contribution in [0.2, 0.25) is 5.02 Å². The van der Waals surface area contributed by atoms with Crippen molar-refractivity contribution in [2.45, 2.75) is 20.8 Å². The first-order chi connectivity index (χ1) is 8.00. The number of hydrogen-bond donors (Lipinski definition) is 1. The van der Waals surface area contributed by atoms with Gasteiger partial charge in [0, 0.05) is 16.8 Å². The number of phenolic OH excluding ortho intramolecular Hbond substituents is 1. The minimum absolute atomic E-state index is 0.0680. The van der Waals surface area contributed by atoms with E-state index in [4.69, 9.17) is 11.6 Å². The predicted octanol–water partition coefficient (Wildman–Crippen LogP) is 4.81. The molecule has 0 aliphatic rings. The Morgan fingerprint density at radius 2 is 1.65 bits per heavy atom. The van der Waals surface area contributed by atoms with E-state index in [-0.39, 0.29) is 16.2 Å². The monoisotopic (exact) mass is 258 g/mol. The van der Waals surface area contributed by atoms with Gasteiger partial charge in [-0.3, -0.25) is 0 Å². The number of hydrogen-bond acceptors (Lipinski definition) is 1. The molecule has 1 N–H and O–H groups in total. The predicted molar refractivity (Wildman–Crippen MR) is 66.6 cm³/mol. The van der Waals surface area contributed by atoms with Crippen molar-refractivity contribution < 1.29 is 13.9 Å². The Kier molecular flexibility index (Phi) is 4.29. The van der Waals surface area contributed by atoms with Crippen LogP contribution < -0.4 is 0 Å². The molecule has 92 valence electrons. The highest BCUT2D eigenvalue weighted by Crippen LogP contribution is 2.33. The van der Waals surface area contributed by atoms with Crippen LogP contribution >= 0.6 is 11.6 Å². The summed E-state index contributed by atoms with van der Waals surface area (Å²) >= 11 is 5.73. The number of phenols is 1. The van der Waals surface area contributed by atoms with Gasteiger partial charge in [0.2, 0.25) is 0 Å². The Morgan fingerprint density at radius 1 is 1.06 bits per heavy atom. The van der Waals surface area contributed by atoms with Crippen molar-refractivity contribution in [2.75, 3.05) is 0 Å². The van der Waals surface area contributed by atoms with Gasteiger partial charge in [0.05, 0.1) is 5.02 Å². The van der Waals surface area contributed by atoms with Crippen LogP contribution in [0.1, 0.15) is 19.4 Å². The molecule has 2 aromatic carbocycles. The molecule has 1 nitrogen and oxygen atoms in total. The standard InChI is InChI=1S/C11H7ClF2O.C2H6/c1-5-2-6(15)3-7-8(13)4-9(14)11(12)10(5)7;1-2/h2-4,15H,1H3;1-2H3. The third-order valence-electron chi connectivity index (χ3n) is 2.26. The maximum absolute atomic E-state index is 13.4. The van der Waals surface area contributed by atoms with Gasteiger partial charge in [-0.25, -0.2) is 8.78 Å². The Morgan fingerprint density at radius 3 is 2.24 bits per heavy atom. The largest absolute Gasteiger partial charge is 0.508 e. The van der Waals surface area contributed by atoms with Gasteiger partial charge in [0.1, 0.15) is 17.4 Å². The summed E-state index contributed by atoms with van der Waals surface area (Å²) in [5, 5.41) is 9.59. The van der Waals surface area contributed by atoms with Crippen LogP contribution in [0.4, 0.5) is 8.78 Å². The zero-order valence-corrected chi connectivity index (χ0v) is 10.6. The van der Waals surface area contributed by atoms with Crippen molar-refractivity contribution in [3.8, 4) is 5.75 Å². The fourth-order valence-electron chi connectivity index (χ4n) is 1.62. The van der Waals surface area contributed by atoms with E-state index in [2.05, 4.69) is 0 Å². The lowest BCUT2D eigenvalue weighted by molar-refractivity contribution is 0.475. The van der Waals surface area contributed by atoms with Crippen LogP contribution in [-0.2, 0) is 0 Å². The third kappa shape index (κ3) is 2.50. The molecule has 0 spiro atoms. The smallest absolute Gasteiger partial charge is 0.145 e. The van der Waals surface area contributed by atoms with E-state index in [1.807, 2.05) is 13.8 Å². The first kappa shape index (κ1) is 13.7. The number of benzene rings is 2. The summed E-state index contributed by atoms with van der Waals surface area (Å²) in [7, 11) is 0. The fourth-order valence-corrected chi connectivity index (χ4v) is 1.93. The lowest BCUT2D eigenvalue weighted by Crippen LogP contribution is -1.89. The zero-order valence-electron chi connectivity index (χ0n) is 9.81. The third-order valence-corrected chi connectivity index (χ3v) is 2.63. The molecule has 0 amide bonds. The Balaban J connectivity index is 0.000000686. The minimum atomic E-state index is -0.796. The van der Waals surface area contributed by atoms with Crippen molar-refractivity contribution in [1.29, 1.82) is 0 Å². The van der Waals surface area contributed by atoms with E-state index < -0.39 is 11.6 Å². The van der Waals surface area contributed by atoms with E-state index in [1.54, 1.807) is 6.92 Å². The zero-order chi connectivity index (χ0) is 13.2. The second-order valence-electron chi connectivity index (χ2n) is 3.34. The maximum Gasteiger partial charge on any atom is 0.145 e. The highest BCUT2D eigenvalue weighted by molar-refractivity contribution is 6.36. The average Bonchev–Trinajstić information content (AvgIpc) is 2.28. The van der Waals surface area contributed by atoms with Gasteiger partial charge in [-0.15, -0.1) is 0 Å². The molecule has 0 bridgehead atoms. The molecule has 0 aliphatic carbocycles. The quantitative estimate of drug-likeness (QED) is 0.672. The van der Waals surface area contributed by atoms with Crippen molar-refractivity contribution in [2.24, 2.45) is 0 Å². The van der Waals surface area contributed by atoms with E-state index >= 15 is 0 Å². The lowest BCUT2D eigenvalue weighted by atomic mass is 10.0. The van der Waals surface area contributed by atoms with Gasteiger partial charge < -0.3 is 5.11 Å². The van der Waals surface area contributed by atoms with Gasteiger partial charge >= 0.3 is 0 Å². The van der Waals surface area contributed by atoms with Gasteiger partial charge in [0.25, 0.3) is 0 Å². The summed E-state index contributed by atoms with van der Waals surface area (Å²) in [6.07, 6.45) is 0. The molecule has 4 heteroatoms. The number of aromatic hydroxyl groups is 1. The summed E-state index contributed by atoms with van der Waals surface area (Å²) in [5.74, 6) is -1.59. The fraction of sp³-hybridized carbons (Fsp3) is 0.231.